The molecule has 1 nitrogen and oxygen atoms in total. The van der Waals surface area contributed by atoms with Crippen LogP contribution in [0.5, 0.6) is 0 Å². The van der Waals surface area contributed by atoms with Gasteiger partial charge in [0.1, 0.15) is 0 Å². The standard InChI is InChI=1S/C11H21NS/c1-8-12-9(10(2,3)4)13-11(5,6)7/h8H,1H2,2-7H3. The summed E-state index contributed by atoms with van der Waals surface area (Å²) >= 11 is 1.81. The van der Waals surface area contributed by atoms with E-state index in [0.29, 0.717) is 0 Å². The quantitative estimate of drug-likeness (QED) is 0.457. The van der Waals surface area contributed by atoms with E-state index in [1.807, 2.05) is 11.8 Å². The van der Waals surface area contributed by atoms with Crippen molar-refractivity contribution in [3.63, 3.8) is 0 Å². The van der Waals surface area contributed by atoms with Crippen molar-refractivity contribution in [3.05, 3.63) is 12.8 Å². The maximum atomic E-state index is 4.32. The summed E-state index contributed by atoms with van der Waals surface area (Å²) < 4.78 is 0.217. The van der Waals surface area contributed by atoms with Gasteiger partial charge in [-0.25, -0.2) is 0 Å². The summed E-state index contributed by atoms with van der Waals surface area (Å²) in [7, 11) is 0. The first kappa shape index (κ1) is 12.8. The molecule has 0 saturated heterocycles. The molecule has 0 amide bonds. The van der Waals surface area contributed by atoms with Gasteiger partial charge in [-0.05, 0) is 0 Å². The van der Waals surface area contributed by atoms with Gasteiger partial charge in [0, 0.05) is 16.4 Å². The van der Waals surface area contributed by atoms with Crippen molar-refractivity contribution in [2.24, 2.45) is 10.4 Å². The lowest BCUT2D eigenvalue weighted by Gasteiger charge is -2.26. The number of hydrogen-bond donors (Lipinski definition) is 0. The van der Waals surface area contributed by atoms with E-state index in [2.05, 4.69) is 53.1 Å². The van der Waals surface area contributed by atoms with E-state index in [-0.39, 0.29) is 10.2 Å². The lowest BCUT2D eigenvalue weighted by atomic mass is 9.99. The molecular formula is C11H21NS. The number of rotatable bonds is 1. The van der Waals surface area contributed by atoms with Crippen LogP contribution >= 0.6 is 11.8 Å². The van der Waals surface area contributed by atoms with E-state index >= 15 is 0 Å². The van der Waals surface area contributed by atoms with Crippen LogP contribution in [0, 0.1) is 5.41 Å². The Balaban J connectivity index is 4.67. The molecule has 0 aromatic heterocycles. The first-order chi connectivity index (χ1) is 5.67. The van der Waals surface area contributed by atoms with Crippen molar-refractivity contribution < 1.29 is 0 Å². The molecule has 2 heteroatoms. The highest BCUT2D eigenvalue weighted by Gasteiger charge is 2.24. The summed E-state index contributed by atoms with van der Waals surface area (Å²) in [5.41, 5.74) is 0.117. The molecule has 0 spiro atoms. The summed E-state index contributed by atoms with van der Waals surface area (Å²) in [4.78, 5) is 4.32. The Morgan fingerprint density at radius 3 is 1.85 bits per heavy atom. The molecule has 13 heavy (non-hydrogen) atoms. The van der Waals surface area contributed by atoms with Gasteiger partial charge in [-0.2, -0.15) is 0 Å². The minimum absolute atomic E-state index is 0.117. The van der Waals surface area contributed by atoms with Crippen molar-refractivity contribution >= 4 is 16.8 Å². The monoisotopic (exact) mass is 199 g/mol. The maximum Gasteiger partial charge on any atom is 0.0789 e. The van der Waals surface area contributed by atoms with Crippen LogP contribution in [-0.2, 0) is 0 Å². The van der Waals surface area contributed by atoms with Crippen LogP contribution in [0.3, 0.4) is 0 Å². The molecular weight excluding hydrogens is 178 g/mol. The normalized spacial score (nSPS) is 14.5. The van der Waals surface area contributed by atoms with Crippen LogP contribution < -0.4 is 0 Å². The second-order valence-corrected chi connectivity index (χ2v) is 6.90. The summed E-state index contributed by atoms with van der Waals surface area (Å²) in [6, 6.07) is 0. The summed E-state index contributed by atoms with van der Waals surface area (Å²) in [6.45, 7) is 16.8. The number of thioether (sulfide) groups is 1. The zero-order valence-electron chi connectivity index (χ0n) is 9.64. The number of hydrogen-bond acceptors (Lipinski definition) is 2. The van der Waals surface area contributed by atoms with Gasteiger partial charge in [0.25, 0.3) is 0 Å². The van der Waals surface area contributed by atoms with E-state index < -0.39 is 0 Å². The van der Waals surface area contributed by atoms with Crippen LogP contribution in [0.25, 0.3) is 0 Å². The van der Waals surface area contributed by atoms with Crippen LogP contribution in [0.1, 0.15) is 41.5 Å². The fourth-order valence-corrected chi connectivity index (χ4v) is 1.76. The zero-order chi connectivity index (χ0) is 10.7. The van der Waals surface area contributed by atoms with E-state index in [9.17, 15) is 0 Å². The topological polar surface area (TPSA) is 12.4 Å². The van der Waals surface area contributed by atoms with Crippen molar-refractivity contribution in [1.29, 1.82) is 0 Å². The number of aliphatic imine (C=N–C) groups is 1. The van der Waals surface area contributed by atoms with E-state index in [0.717, 1.165) is 5.04 Å². The van der Waals surface area contributed by atoms with Gasteiger partial charge in [0.15, 0.2) is 0 Å². The SMILES string of the molecule is C=CN=C(SC(C)(C)C)C(C)(C)C. The zero-order valence-corrected chi connectivity index (χ0v) is 10.5. The molecule has 0 radical (unpaired) electrons. The second kappa shape index (κ2) is 4.32. The smallest absolute Gasteiger partial charge is 0.0789 e. The molecule has 0 atom stereocenters. The van der Waals surface area contributed by atoms with Crippen molar-refractivity contribution in [3.8, 4) is 0 Å². The summed E-state index contributed by atoms with van der Waals surface area (Å²) in [6.07, 6.45) is 1.62. The highest BCUT2D eigenvalue weighted by molar-refractivity contribution is 8.15. The predicted octanol–water partition coefficient (Wildman–Crippen LogP) is 4.11. The fraction of sp³-hybridized carbons (Fsp3) is 0.727. The van der Waals surface area contributed by atoms with Crippen molar-refractivity contribution in [2.45, 2.75) is 46.3 Å². The Labute approximate surface area is 86.7 Å². The average Bonchev–Trinajstić information content (AvgIpc) is 1.81. The van der Waals surface area contributed by atoms with E-state index in [1.54, 1.807) is 6.20 Å². The lowest BCUT2D eigenvalue weighted by Crippen LogP contribution is -2.22. The van der Waals surface area contributed by atoms with Crippen LogP contribution in [0.15, 0.2) is 17.8 Å². The Kier molecular flexibility index (Phi) is 4.24. The third-order valence-corrected chi connectivity index (χ3v) is 2.78. The van der Waals surface area contributed by atoms with E-state index in [4.69, 9.17) is 0 Å². The predicted molar refractivity (Wildman–Crippen MR) is 64.4 cm³/mol. The lowest BCUT2D eigenvalue weighted by molar-refractivity contribution is 0.600. The molecule has 0 aliphatic heterocycles. The van der Waals surface area contributed by atoms with Gasteiger partial charge in [-0.3, -0.25) is 4.99 Å². The van der Waals surface area contributed by atoms with Crippen LogP contribution in [0.4, 0.5) is 0 Å². The van der Waals surface area contributed by atoms with Gasteiger partial charge >= 0.3 is 0 Å². The molecule has 0 N–H and O–H groups in total. The van der Waals surface area contributed by atoms with Crippen molar-refractivity contribution in [1.82, 2.24) is 0 Å². The first-order valence-electron chi connectivity index (χ1n) is 4.55. The average molecular weight is 199 g/mol. The molecule has 0 saturated carbocycles. The van der Waals surface area contributed by atoms with Gasteiger partial charge in [0.05, 0.1) is 5.04 Å². The second-order valence-electron chi connectivity index (χ2n) is 5.08. The Morgan fingerprint density at radius 2 is 1.62 bits per heavy atom. The maximum absolute atomic E-state index is 4.32. The third-order valence-electron chi connectivity index (χ3n) is 1.25. The Morgan fingerprint density at radius 1 is 1.15 bits per heavy atom. The molecule has 0 rings (SSSR count). The highest BCUT2D eigenvalue weighted by Crippen LogP contribution is 2.33. The van der Waals surface area contributed by atoms with Gasteiger partial charge in [-0.1, -0.05) is 48.1 Å². The van der Waals surface area contributed by atoms with Crippen LogP contribution in [0.2, 0.25) is 0 Å². The molecule has 0 fully saturated rings. The molecule has 0 unspecified atom stereocenters. The molecule has 0 aliphatic carbocycles. The fourth-order valence-electron chi connectivity index (χ4n) is 0.746. The molecule has 0 aromatic rings. The van der Waals surface area contributed by atoms with Gasteiger partial charge < -0.3 is 0 Å². The molecule has 0 aromatic carbocycles. The molecule has 76 valence electrons. The largest absolute Gasteiger partial charge is 0.254 e. The third kappa shape index (κ3) is 5.92. The Hall–Kier alpha value is -0.240. The minimum Gasteiger partial charge on any atom is -0.254 e. The molecule has 0 aliphatic rings. The van der Waals surface area contributed by atoms with Gasteiger partial charge in [0.2, 0.25) is 0 Å². The van der Waals surface area contributed by atoms with Crippen molar-refractivity contribution in [2.75, 3.05) is 0 Å². The van der Waals surface area contributed by atoms with Gasteiger partial charge in [-0.15, -0.1) is 11.8 Å². The van der Waals surface area contributed by atoms with E-state index in [1.165, 1.54) is 0 Å². The minimum atomic E-state index is 0.117. The highest BCUT2D eigenvalue weighted by atomic mass is 32.2. The summed E-state index contributed by atoms with van der Waals surface area (Å²) in [5, 5.41) is 1.15. The summed E-state index contributed by atoms with van der Waals surface area (Å²) in [5.74, 6) is 0. The van der Waals surface area contributed by atoms with Crippen LogP contribution in [-0.4, -0.2) is 9.79 Å². The molecule has 0 heterocycles. The first-order valence-corrected chi connectivity index (χ1v) is 5.36. The number of nitrogens with zero attached hydrogens (tertiary/aromatic N) is 1. The molecule has 0 bridgehead atoms. The Bertz CT molecular complexity index is 203.